The molecule has 0 aliphatic heterocycles. The first-order chi connectivity index (χ1) is 13.2. The number of methoxy groups -OCH3 is 2. The summed E-state index contributed by atoms with van der Waals surface area (Å²) in [5.41, 5.74) is 1.54. The Kier molecular flexibility index (Phi) is 6.92. The van der Waals surface area contributed by atoms with Crippen LogP contribution in [0.3, 0.4) is 0 Å². The molecule has 8 heteroatoms. The molecule has 5 nitrogen and oxygen atoms in total. The van der Waals surface area contributed by atoms with E-state index in [4.69, 9.17) is 14.2 Å². The van der Waals surface area contributed by atoms with Crippen LogP contribution in [0, 0.1) is 6.92 Å². The van der Waals surface area contributed by atoms with Gasteiger partial charge in [0.2, 0.25) is 5.91 Å². The van der Waals surface area contributed by atoms with E-state index in [1.165, 1.54) is 32.4 Å². The molecule has 150 valence electrons. The third kappa shape index (κ3) is 6.22. The molecule has 0 aliphatic carbocycles. The predicted octanol–water partition coefficient (Wildman–Crippen LogP) is 4.61. The molecule has 0 aromatic heterocycles. The highest BCUT2D eigenvalue weighted by atomic mass is 19.4. The van der Waals surface area contributed by atoms with E-state index in [-0.39, 0.29) is 11.4 Å². The smallest absolute Gasteiger partial charge is 0.422 e. The third-order valence-corrected chi connectivity index (χ3v) is 3.62. The third-order valence-electron chi connectivity index (χ3n) is 3.62. The molecule has 0 heterocycles. The highest BCUT2D eigenvalue weighted by Gasteiger charge is 2.29. The molecule has 1 N–H and O–H groups in total. The van der Waals surface area contributed by atoms with Gasteiger partial charge in [-0.3, -0.25) is 4.79 Å². The van der Waals surface area contributed by atoms with E-state index in [2.05, 4.69) is 5.32 Å². The first kappa shape index (κ1) is 21.1. The Bertz CT molecular complexity index is 863. The molecule has 2 aromatic carbocycles. The fourth-order valence-electron chi connectivity index (χ4n) is 2.31. The van der Waals surface area contributed by atoms with Crippen LogP contribution >= 0.6 is 0 Å². The van der Waals surface area contributed by atoms with Crippen LogP contribution in [-0.2, 0) is 4.79 Å². The van der Waals surface area contributed by atoms with Gasteiger partial charge in [-0.1, -0.05) is 12.1 Å². The molecule has 28 heavy (non-hydrogen) atoms. The number of ether oxygens (including phenoxy) is 3. The van der Waals surface area contributed by atoms with E-state index in [1.54, 1.807) is 37.3 Å². The number of carbonyl (C=O) groups is 1. The lowest BCUT2D eigenvalue weighted by Gasteiger charge is -2.14. The molecule has 0 bridgehead atoms. The molecule has 1 amide bonds. The van der Waals surface area contributed by atoms with Gasteiger partial charge in [-0.05, 0) is 48.4 Å². The summed E-state index contributed by atoms with van der Waals surface area (Å²) in [7, 11) is 3.01. The van der Waals surface area contributed by atoms with Gasteiger partial charge in [0.1, 0.15) is 5.75 Å². The largest absolute Gasteiger partial charge is 0.493 e. The lowest BCUT2D eigenvalue weighted by atomic mass is 10.2. The zero-order valence-electron chi connectivity index (χ0n) is 15.6. The van der Waals surface area contributed by atoms with Crippen molar-refractivity contribution in [2.45, 2.75) is 13.1 Å². The maximum atomic E-state index is 12.4. The molecule has 0 unspecified atom stereocenters. The van der Waals surface area contributed by atoms with Crippen molar-refractivity contribution in [1.29, 1.82) is 0 Å². The monoisotopic (exact) mass is 395 g/mol. The van der Waals surface area contributed by atoms with Crippen LogP contribution in [0.1, 0.15) is 11.1 Å². The van der Waals surface area contributed by atoms with E-state index in [0.717, 1.165) is 0 Å². The summed E-state index contributed by atoms with van der Waals surface area (Å²) >= 11 is 0. The van der Waals surface area contributed by atoms with Crippen molar-refractivity contribution in [2.24, 2.45) is 0 Å². The number of alkyl halides is 3. The summed E-state index contributed by atoms with van der Waals surface area (Å²) in [6, 6.07) is 9.69. The summed E-state index contributed by atoms with van der Waals surface area (Å²) in [6.45, 7) is 0.268. The van der Waals surface area contributed by atoms with Crippen LogP contribution in [0.4, 0.5) is 18.9 Å². The number of amides is 1. The number of aryl methyl sites for hydroxylation is 1. The lowest BCUT2D eigenvalue weighted by molar-refractivity contribution is -0.153. The second kappa shape index (κ2) is 9.16. The lowest BCUT2D eigenvalue weighted by Crippen LogP contribution is -2.20. The van der Waals surface area contributed by atoms with Gasteiger partial charge >= 0.3 is 6.18 Å². The summed E-state index contributed by atoms with van der Waals surface area (Å²) in [6.07, 6.45) is -1.67. The van der Waals surface area contributed by atoms with Gasteiger partial charge in [0.05, 0.1) is 19.9 Å². The molecular weight excluding hydrogens is 375 g/mol. The van der Waals surface area contributed by atoms with Gasteiger partial charge in [0.25, 0.3) is 0 Å². The minimum absolute atomic E-state index is 0.0507. The van der Waals surface area contributed by atoms with Crippen LogP contribution in [0.25, 0.3) is 6.08 Å². The molecule has 2 aromatic rings. The molecule has 0 spiro atoms. The van der Waals surface area contributed by atoms with E-state index in [9.17, 15) is 18.0 Å². The van der Waals surface area contributed by atoms with Gasteiger partial charge in [-0.25, -0.2) is 0 Å². The number of hydrogen-bond acceptors (Lipinski definition) is 4. The molecule has 0 radical (unpaired) electrons. The molecule has 0 saturated carbocycles. The van der Waals surface area contributed by atoms with Crippen molar-refractivity contribution in [3.8, 4) is 17.2 Å². The molecule has 2 rings (SSSR count). The Morgan fingerprint density at radius 1 is 1.04 bits per heavy atom. The minimum Gasteiger partial charge on any atom is -0.493 e. The fraction of sp³-hybridized carbons (Fsp3) is 0.250. The van der Waals surface area contributed by atoms with Crippen LogP contribution < -0.4 is 19.5 Å². The van der Waals surface area contributed by atoms with Crippen molar-refractivity contribution < 1.29 is 32.2 Å². The second-order valence-corrected chi connectivity index (χ2v) is 5.84. The molecule has 0 saturated heterocycles. The van der Waals surface area contributed by atoms with E-state index < -0.39 is 18.7 Å². The van der Waals surface area contributed by atoms with Gasteiger partial charge in [0, 0.05) is 6.08 Å². The fourth-order valence-corrected chi connectivity index (χ4v) is 2.31. The average Bonchev–Trinajstić information content (AvgIpc) is 2.65. The highest BCUT2D eigenvalue weighted by molar-refractivity contribution is 6.02. The normalized spacial score (nSPS) is 11.4. The Balaban J connectivity index is 2.11. The summed E-state index contributed by atoms with van der Waals surface area (Å²) in [5.74, 6) is 0.488. The van der Waals surface area contributed by atoms with Crippen molar-refractivity contribution in [3.63, 3.8) is 0 Å². The Morgan fingerprint density at radius 3 is 2.39 bits per heavy atom. The second-order valence-electron chi connectivity index (χ2n) is 5.84. The van der Waals surface area contributed by atoms with E-state index in [0.29, 0.717) is 22.6 Å². The minimum atomic E-state index is -4.47. The zero-order chi connectivity index (χ0) is 20.7. The number of carbonyl (C=O) groups excluding carboxylic acids is 1. The van der Waals surface area contributed by atoms with Crippen LogP contribution in [0.15, 0.2) is 42.5 Å². The van der Waals surface area contributed by atoms with Gasteiger partial charge in [-0.2, -0.15) is 13.2 Å². The number of halogens is 3. The van der Waals surface area contributed by atoms with Crippen molar-refractivity contribution >= 4 is 17.7 Å². The van der Waals surface area contributed by atoms with Crippen molar-refractivity contribution in [3.05, 3.63) is 53.6 Å². The summed E-state index contributed by atoms with van der Waals surface area (Å²) < 4.78 is 52.4. The number of benzene rings is 2. The van der Waals surface area contributed by atoms with Gasteiger partial charge in [-0.15, -0.1) is 0 Å². The highest BCUT2D eigenvalue weighted by Crippen LogP contribution is 2.29. The first-order valence-corrected chi connectivity index (χ1v) is 8.23. The van der Waals surface area contributed by atoms with Crippen molar-refractivity contribution in [1.82, 2.24) is 0 Å². The maximum absolute atomic E-state index is 12.4. The van der Waals surface area contributed by atoms with Crippen LogP contribution in [0.2, 0.25) is 0 Å². The van der Waals surface area contributed by atoms with E-state index in [1.807, 2.05) is 0 Å². The van der Waals surface area contributed by atoms with Gasteiger partial charge < -0.3 is 19.5 Å². The zero-order valence-corrected chi connectivity index (χ0v) is 15.6. The Morgan fingerprint density at radius 2 is 1.75 bits per heavy atom. The van der Waals surface area contributed by atoms with Crippen LogP contribution in [-0.4, -0.2) is 32.9 Å². The summed E-state index contributed by atoms with van der Waals surface area (Å²) in [4.78, 5) is 12.2. The summed E-state index contributed by atoms with van der Waals surface area (Å²) in [5, 5.41) is 2.52. The number of anilines is 1. The Labute approximate surface area is 160 Å². The standard InChI is InChI=1S/C20H20F3NO4/c1-13-4-7-15(17(10-13)28-12-20(21,22)23)24-19(25)9-6-14-5-8-16(26-2)18(11-14)27-3/h4-11H,12H2,1-3H3,(H,24,25)/b9-6+. The number of hydrogen-bond donors (Lipinski definition) is 1. The molecule has 0 fully saturated rings. The molecule has 0 atom stereocenters. The molecule has 0 aliphatic rings. The quantitative estimate of drug-likeness (QED) is 0.696. The number of nitrogens with one attached hydrogen (secondary N) is 1. The predicted molar refractivity (Wildman–Crippen MR) is 99.9 cm³/mol. The van der Waals surface area contributed by atoms with E-state index >= 15 is 0 Å². The average molecular weight is 395 g/mol. The topological polar surface area (TPSA) is 56.8 Å². The van der Waals surface area contributed by atoms with Gasteiger partial charge in [0.15, 0.2) is 18.1 Å². The number of rotatable bonds is 7. The SMILES string of the molecule is COc1ccc(/C=C/C(=O)Nc2ccc(C)cc2OCC(F)(F)F)cc1OC. The molecular formula is C20H20F3NO4. The first-order valence-electron chi connectivity index (χ1n) is 8.23. The Hall–Kier alpha value is -3.16. The van der Waals surface area contributed by atoms with Crippen LogP contribution in [0.5, 0.6) is 17.2 Å². The maximum Gasteiger partial charge on any atom is 0.422 e. The van der Waals surface area contributed by atoms with Crippen molar-refractivity contribution in [2.75, 3.05) is 26.1 Å².